The monoisotopic (exact) mass is 274 g/mol. The zero-order chi connectivity index (χ0) is 13.2. The van der Waals surface area contributed by atoms with Gasteiger partial charge in [0.05, 0.1) is 16.6 Å². The molecule has 0 aromatic heterocycles. The number of sulfone groups is 1. The fourth-order valence-corrected chi connectivity index (χ4v) is 6.03. The molecular weight excluding hydrogens is 248 g/mol. The molecule has 2 aliphatic rings. The van der Waals surface area contributed by atoms with E-state index >= 15 is 0 Å². The molecule has 1 unspecified atom stereocenters. The highest BCUT2D eigenvalue weighted by Crippen LogP contribution is 2.35. The Hall–Kier alpha value is -0.0900. The van der Waals surface area contributed by atoms with Crippen LogP contribution in [-0.4, -0.2) is 30.1 Å². The second kappa shape index (κ2) is 5.91. The molecule has 1 N–H and O–H groups in total. The van der Waals surface area contributed by atoms with E-state index in [-0.39, 0.29) is 16.6 Å². The van der Waals surface area contributed by atoms with Crippen LogP contribution in [0, 0.1) is 5.92 Å². The van der Waals surface area contributed by atoms with Crippen molar-refractivity contribution in [1.29, 1.82) is 0 Å². The molecule has 0 saturated heterocycles. The highest BCUT2D eigenvalue weighted by atomic mass is 32.2. The summed E-state index contributed by atoms with van der Waals surface area (Å²) >= 11 is 0. The molecule has 2 aliphatic carbocycles. The third-order valence-electron chi connectivity index (χ3n) is 4.88. The van der Waals surface area contributed by atoms with Crippen LogP contribution >= 0.6 is 0 Å². The van der Waals surface area contributed by atoms with Gasteiger partial charge in [-0.2, -0.15) is 0 Å². The smallest absolute Gasteiger partial charge is 0.156 e. The van der Waals surface area contributed by atoms with Crippen molar-refractivity contribution in [3.63, 3.8) is 0 Å². The summed E-state index contributed by atoms with van der Waals surface area (Å²) in [5.41, 5.74) is 0. The molecule has 2 rings (SSSR count). The van der Waals surface area contributed by atoms with Crippen molar-refractivity contribution in [2.24, 2.45) is 5.92 Å². The summed E-state index contributed by atoms with van der Waals surface area (Å²) in [5, 5.41) is 9.37. The first kappa shape index (κ1) is 14.3. The number of aliphatic hydroxyl groups excluding tert-OH is 1. The topological polar surface area (TPSA) is 54.4 Å². The van der Waals surface area contributed by atoms with E-state index in [9.17, 15) is 13.5 Å². The first-order valence-electron chi connectivity index (χ1n) is 7.42. The average Bonchev–Trinajstić information content (AvgIpc) is 2.40. The van der Waals surface area contributed by atoms with E-state index in [1.807, 2.05) is 6.92 Å². The lowest BCUT2D eigenvalue weighted by molar-refractivity contribution is 0.101. The van der Waals surface area contributed by atoms with Gasteiger partial charge in [-0.25, -0.2) is 8.42 Å². The van der Waals surface area contributed by atoms with Crippen LogP contribution < -0.4 is 0 Å². The minimum absolute atomic E-state index is 0.0700. The Labute approximate surface area is 111 Å². The maximum Gasteiger partial charge on any atom is 0.156 e. The second-order valence-corrected chi connectivity index (χ2v) is 8.64. The lowest BCUT2D eigenvalue weighted by atomic mass is 9.85. The summed E-state index contributed by atoms with van der Waals surface area (Å²) in [7, 11) is -2.92. The number of aliphatic hydroxyl groups is 1. The van der Waals surface area contributed by atoms with Gasteiger partial charge < -0.3 is 5.11 Å². The van der Waals surface area contributed by atoms with E-state index in [1.54, 1.807) is 0 Å². The molecule has 18 heavy (non-hydrogen) atoms. The van der Waals surface area contributed by atoms with Crippen LogP contribution in [0.25, 0.3) is 0 Å². The second-order valence-electron chi connectivity index (χ2n) is 6.13. The molecular formula is C14H26O3S. The molecule has 2 saturated carbocycles. The van der Waals surface area contributed by atoms with Gasteiger partial charge in [-0.3, -0.25) is 0 Å². The molecule has 0 bridgehead atoms. The molecule has 0 aromatic carbocycles. The Balaban J connectivity index is 1.95. The fourth-order valence-electron chi connectivity index (χ4n) is 3.57. The van der Waals surface area contributed by atoms with E-state index < -0.39 is 9.84 Å². The van der Waals surface area contributed by atoms with E-state index in [1.165, 1.54) is 6.42 Å². The van der Waals surface area contributed by atoms with Crippen LogP contribution in [0.5, 0.6) is 0 Å². The molecule has 0 spiro atoms. The third kappa shape index (κ3) is 3.08. The van der Waals surface area contributed by atoms with Crippen molar-refractivity contribution in [3.05, 3.63) is 0 Å². The van der Waals surface area contributed by atoms with Gasteiger partial charge in [0.15, 0.2) is 9.84 Å². The zero-order valence-electron chi connectivity index (χ0n) is 11.3. The van der Waals surface area contributed by atoms with Crippen molar-refractivity contribution in [3.8, 4) is 0 Å². The van der Waals surface area contributed by atoms with Gasteiger partial charge in [-0.05, 0) is 51.4 Å². The first-order chi connectivity index (χ1) is 8.51. The van der Waals surface area contributed by atoms with Crippen molar-refractivity contribution in [2.45, 2.75) is 81.3 Å². The molecule has 1 atom stereocenters. The maximum absolute atomic E-state index is 12.6. The molecule has 0 heterocycles. The Morgan fingerprint density at radius 1 is 0.889 bits per heavy atom. The molecule has 0 aliphatic heterocycles. The highest BCUT2D eigenvalue weighted by molar-refractivity contribution is 7.92. The van der Waals surface area contributed by atoms with Gasteiger partial charge in [0.25, 0.3) is 0 Å². The lowest BCUT2D eigenvalue weighted by Crippen LogP contribution is -2.37. The predicted molar refractivity (Wildman–Crippen MR) is 73.2 cm³/mol. The summed E-state index contributed by atoms with van der Waals surface area (Å²) in [5.74, 6) is 0.308. The van der Waals surface area contributed by atoms with Crippen LogP contribution in [0.4, 0.5) is 0 Å². The Kier molecular flexibility index (Phi) is 4.70. The van der Waals surface area contributed by atoms with Crippen LogP contribution in [0.15, 0.2) is 0 Å². The Bertz CT molecular complexity index is 347. The van der Waals surface area contributed by atoms with E-state index in [4.69, 9.17) is 0 Å². The molecule has 0 aromatic rings. The van der Waals surface area contributed by atoms with Crippen molar-refractivity contribution in [2.75, 3.05) is 0 Å². The highest BCUT2D eigenvalue weighted by Gasteiger charge is 2.37. The summed E-state index contributed by atoms with van der Waals surface area (Å²) in [4.78, 5) is 0. The largest absolute Gasteiger partial charge is 0.393 e. The zero-order valence-corrected chi connectivity index (χ0v) is 12.2. The van der Waals surface area contributed by atoms with Gasteiger partial charge in [0.1, 0.15) is 0 Å². The number of hydrogen-bond donors (Lipinski definition) is 1. The van der Waals surface area contributed by atoms with Crippen molar-refractivity contribution in [1.82, 2.24) is 0 Å². The Morgan fingerprint density at radius 3 is 1.89 bits per heavy atom. The first-order valence-corrected chi connectivity index (χ1v) is 9.03. The van der Waals surface area contributed by atoms with Crippen molar-refractivity contribution >= 4 is 9.84 Å². The molecule has 2 fully saturated rings. The molecule has 106 valence electrons. The Morgan fingerprint density at radius 2 is 1.39 bits per heavy atom. The average molecular weight is 274 g/mol. The van der Waals surface area contributed by atoms with Gasteiger partial charge in [0.2, 0.25) is 0 Å². The minimum Gasteiger partial charge on any atom is -0.393 e. The predicted octanol–water partition coefficient (Wildman–Crippen LogP) is 2.67. The van der Waals surface area contributed by atoms with E-state index in [0.717, 1.165) is 51.4 Å². The van der Waals surface area contributed by atoms with E-state index in [2.05, 4.69) is 0 Å². The summed E-state index contributed by atoms with van der Waals surface area (Å²) in [6, 6.07) is 0. The van der Waals surface area contributed by atoms with Crippen LogP contribution in [-0.2, 0) is 9.84 Å². The van der Waals surface area contributed by atoms with Crippen LogP contribution in [0.2, 0.25) is 0 Å². The fraction of sp³-hybridized carbons (Fsp3) is 1.00. The minimum atomic E-state index is -2.92. The normalized spacial score (nSPS) is 33.2. The van der Waals surface area contributed by atoms with Crippen molar-refractivity contribution < 1.29 is 13.5 Å². The molecule has 0 amide bonds. The van der Waals surface area contributed by atoms with Gasteiger partial charge in [0, 0.05) is 0 Å². The van der Waals surface area contributed by atoms with Gasteiger partial charge >= 0.3 is 0 Å². The molecule has 3 nitrogen and oxygen atoms in total. The van der Waals surface area contributed by atoms with E-state index in [0.29, 0.717) is 5.92 Å². The maximum atomic E-state index is 12.6. The molecule has 0 radical (unpaired) electrons. The van der Waals surface area contributed by atoms with Crippen LogP contribution in [0.3, 0.4) is 0 Å². The summed E-state index contributed by atoms with van der Waals surface area (Å²) in [6.45, 7) is 1.82. The lowest BCUT2D eigenvalue weighted by Gasteiger charge is -2.33. The number of rotatable bonds is 3. The molecule has 4 heteroatoms. The van der Waals surface area contributed by atoms with Gasteiger partial charge in [-0.15, -0.1) is 0 Å². The summed E-state index contributed by atoms with van der Waals surface area (Å²) < 4.78 is 25.1. The SMILES string of the molecule is CC(O)C1CCC(S(=O)(=O)C2CCCCC2)CC1. The van der Waals surface area contributed by atoms with Crippen LogP contribution in [0.1, 0.15) is 64.7 Å². The summed E-state index contributed by atoms with van der Waals surface area (Å²) in [6.07, 6.45) is 8.06. The third-order valence-corrected chi connectivity index (χ3v) is 7.68. The van der Waals surface area contributed by atoms with Gasteiger partial charge in [-0.1, -0.05) is 19.3 Å². The number of hydrogen-bond acceptors (Lipinski definition) is 3. The standard InChI is InChI=1S/C14H26O3S/c1-11(15)12-7-9-14(10-8-12)18(16,17)13-5-3-2-4-6-13/h11-15H,2-10H2,1H3. The quantitative estimate of drug-likeness (QED) is 0.861.